The molecular formula is C21H20N2. The number of fused-ring (bicyclic) bond motifs is 1. The van der Waals surface area contributed by atoms with Gasteiger partial charge in [-0.25, -0.2) is 0 Å². The highest BCUT2D eigenvalue weighted by atomic mass is 15.1. The Bertz CT molecular complexity index is 810. The SMILES string of the molecule is CN1CCc2nc(-c3ccccc3)c(-c3ccccc3)cc2C1. The van der Waals surface area contributed by atoms with Gasteiger partial charge < -0.3 is 4.90 Å². The highest BCUT2D eigenvalue weighted by Gasteiger charge is 2.19. The van der Waals surface area contributed by atoms with Crippen molar-refractivity contribution in [3.63, 3.8) is 0 Å². The molecule has 2 aromatic carbocycles. The largest absolute Gasteiger partial charge is 0.302 e. The van der Waals surface area contributed by atoms with Gasteiger partial charge in [0.05, 0.1) is 5.69 Å². The van der Waals surface area contributed by atoms with Crippen LogP contribution in [-0.2, 0) is 13.0 Å². The van der Waals surface area contributed by atoms with Gasteiger partial charge in [-0.2, -0.15) is 0 Å². The van der Waals surface area contributed by atoms with Gasteiger partial charge in [0.15, 0.2) is 0 Å². The van der Waals surface area contributed by atoms with Crippen molar-refractivity contribution < 1.29 is 0 Å². The Morgan fingerprint density at radius 2 is 1.52 bits per heavy atom. The summed E-state index contributed by atoms with van der Waals surface area (Å²) >= 11 is 0. The minimum atomic E-state index is 0.983. The molecule has 0 fully saturated rings. The molecular weight excluding hydrogens is 280 g/mol. The standard InChI is InChI=1S/C21H20N2/c1-23-13-12-20-18(15-23)14-19(16-8-4-2-5-9-16)21(22-20)17-10-6-3-7-11-17/h2-11,14H,12-13,15H2,1H3. The van der Waals surface area contributed by atoms with Gasteiger partial charge in [0, 0.05) is 36.3 Å². The van der Waals surface area contributed by atoms with Gasteiger partial charge in [-0.3, -0.25) is 4.98 Å². The third kappa shape index (κ3) is 2.78. The van der Waals surface area contributed by atoms with E-state index in [4.69, 9.17) is 4.98 Å². The molecule has 0 N–H and O–H groups in total. The van der Waals surface area contributed by atoms with Crippen molar-refractivity contribution in [3.8, 4) is 22.4 Å². The Kier molecular flexibility index (Phi) is 3.68. The summed E-state index contributed by atoms with van der Waals surface area (Å²) in [4.78, 5) is 7.43. The van der Waals surface area contributed by atoms with Crippen molar-refractivity contribution in [1.29, 1.82) is 0 Å². The highest BCUT2D eigenvalue weighted by Crippen LogP contribution is 2.33. The summed E-state index contributed by atoms with van der Waals surface area (Å²) in [6, 6.07) is 23.4. The van der Waals surface area contributed by atoms with E-state index in [9.17, 15) is 0 Å². The van der Waals surface area contributed by atoms with E-state index in [1.165, 1.54) is 27.9 Å². The molecule has 0 atom stereocenters. The molecule has 0 radical (unpaired) electrons. The number of hydrogen-bond donors (Lipinski definition) is 0. The first kappa shape index (κ1) is 14.2. The topological polar surface area (TPSA) is 16.1 Å². The van der Waals surface area contributed by atoms with Crippen LogP contribution in [0.5, 0.6) is 0 Å². The minimum absolute atomic E-state index is 0.983. The number of hydrogen-bond acceptors (Lipinski definition) is 2. The zero-order chi connectivity index (χ0) is 15.6. The van der Waals surface area contributed by atoms with Crippen LogP contribution >= 0.6 is 0 Å². The average Bonchev–Trinajstić information content (AvgIpc) is 2.62. The molecule has 1 aromatic heterocycles. The average molecular weight is 300 g/mol. The van der Waals surface area contributed by atoms with Crippen molar-refractivity contribution in [2.45, 2.75) is 13.0 Å². The number of nitrogens with zero attached hydrogens (tertiary/aromatic N) is 2. The number of likely N-dealkylation sites (N-methyl/N-ethyl adjacent to an activating group) is 1. The lowest BCUT2D eigenvalue weighted by molar-refractivity contribution is 0.310. The molecule has 2 heteroatoms. The molecule has 2 heterocycles. The molecule has 23 heavy (non-hydrogen) atoms. The Morgan fingerprint density at radius 1 is 0.870 bits per heavy atom. The van der Waals surface area contributed by atoms with Crippen LogP contribution in [0.4, 0.5) is 0 Å². The third-order valence-electron chi connectivity index (χ3n) is 4.49. The van der Waals surface area contributed by atoms with Crippen LogP contribution in [0.15, 0.2) is 66.7 Å². The molecule has 4 rings (SSSR count). The molecule has 1 aliphatic rings. The molecule has 1 aliphatic heterocycles. The summed E-state index contributed by atoms with van der Waals surface area (Å²) in [5.41, 5.74) is 7.35. The molecule has 0 amide bonds. The number of pyridine rings is 1. The fourth-order valence-corrected chi connectivity index (χ4v) is 3.27. The fraction of sp³-hybridized carbons (Fsp3) is 0.190. The van der Waals surface area contributed by atoms with Crippen molar-refractivity contribution >= 4 is 0 Å². The van der Waals surface area contributed by atoms with Gasteiger partial charge in [0.25, 0.3) is 0 Å². The molecule has 0 aliphatic carbocycles. The summed E-state index contributed by atoms with van der Waals surface area (Å²) in [6.45, 7) is 2.07. The summed E-state index contributed by atoms with van der Waals surface area (Å²) in [7, 11) is 2.18. The number of rotatable bonds is 2. The van der Waals surface area contributed by atoms with Gasteiger partial charge in [0.2, 0.25) is 0 Å². The van der Waals surface area contributed by atoms with Crippen LogP contribution in [0.1, 0.15) is 11.3 Å². The first-order valence-electron chi connectivity index (χ1n) is 8.13. The maximum atomic E-state index is 5.07. The Balaban J connectivity index is 1.93. The fourth-order valence-electron chi connectivity index (χ4n) is 3.27. The Morgan fingerprint density at radius 3 is 2.22 bits per heavy atom. The summed E-state index contributed by atoms with van der Waals surface area (Å²) in [5, 5.41) is 0. The summed E-state index contributed by atoms with van der Waals surface area (Å²) in [5.74, 6) is 0. The normalized spacial score (nSPS) is 14.5. The van der Waals surface area contributed by atoms with Crippen molar-refractivity contribution in [1.82, 2.24) is 9.88 Å². The lowest BCUT2D eigenvalue weighted by Gasteiger charge is -2.26. The summed E-state index contributed by atoms with van der Waals surface area (Å²) in [6.07, 6.45) is 1.03. The van der Waals surface area contributed by atoms with E-state index in [2.05, 4.69) is 78.7 Å². The second-order valence-electron chi connectivity index (χ2n) is 6.21. The van der Waals surface area contributed by atoms with E-state index in [1.54, 1.807) is 0 Å². The number of aromatic nitrogens is 1. The Hall–Kier alpha value is -2.45. The molecule has 114 valence electrons. The predicted molar refractivity (Wildman–Crippen MR) is 95.1 cm³/mol. The van der Waals surface area contributed by atoms with Gasteiger partial charge in [-0.05, 0) is 24.2 Å². The zero-order valence-corrected chi connectivity index (χ0v) is 13.4. The van der Waals surface area contributed by atoms with Crippen LogP contribution in [0.25, 0.3) is 22.4 Å². The van der Waals surface area contributed by atoms with Gasteiger partial charge >= 0.3 is 0 Å². The smallest absolute Gasteiger partial charge is 0.0783 e. The van der Waals surface area contributed by atoms with Gasteiger partial charge in [0.1, 0.15) is 0 Å². The van der Waals surface area contributed by atoms with Gasteiger partial charge in [-0.15, -0.1) is 0 Å². The van der Waals surface area contributed by atoms with Crippen molar-refractivity contribution in [3.05, 3.63) is 78.0 Å². The quantitative estimate of drug-likeness (QED) is 0.697. The van der Waals surface area contributed by atoms with Crippen LogP contribution < -0.4 is 0 Å². The van der Waals surface area contributed by atoms with Crippen LogP contribution in [0.3, 0.4) is 0 Å². The second kappa shape index (κ2) is 5.98. The second-order valence-corrected chi connectivity index (χ2v) is 6.21. The van der Waals surface area contributed by atoms with Crippen LogP contribution in [-0.4, -0.2) is 23.5 Å². The first-order valence-corrected chi connectivity index (χ1v) is 8.13. The van der Waals surface area contributed by atoms with E-state index in [-0.39, 0.29) is 0 Å². The monoisotopic (exact) mass is 300 g/mol. The zero-order valence-electron chi connectivity index (χ0n) is 13.4. The highest BCUT2D eigenvalue weighted by molar-refractivity contribution is 5.81. The van der Waals surface area contributed by atoms with Crippen molar-refractivity contribution in [2.75, 3.05) is 13.6 Å². The molecule has 0 saturated heterocycles. The maximum absolute atomic E-state index is 5.07. The molecule has 0 unspecified atom stereocenters. The Labute approximate surface area is 137 Å². The molecule has 0 spiro atoms. The van der Waals surface area contributed by atoms with Gasteiger partial charge in [-0.1, -0.05) is 60.7 Å². The third-order valence-corrected chi connectivity index (χ3v) is 4.49. The summed E-state index contributed by atoms with van der Waals surface area (Å²) < 4.78 is 0. The van der Waals surface area contributed by atoms with E-state index in [0.717, 1.165) is 25.2 Å². The van der Waals surface area contributed by atoms with E-state index in [1.807, 2.05) is 0 Å². The first-order chi connectivity index (χ1) is 11.3. The maximum Gasteiger partial charge on any atom is 0.0783 e. The molecule has 0 bridgehead atoms. The molecule has 2 nitrogen and oxygen atoms in total. The van der Waals surface area contributed by atoms with Crippen LogP contribution in [0.2, 0.25) is 0 Å². The molecule has 3 aromatic rings. The lowest BCUT2D eigenvalue weighted by Crippen LogP contribution is -2.27. The van der Waals surface area contributed by atoms with E-state index in [0.29, 0.717) is 0 Å². The lowest BCUT2D eigenvalue weighted by atomic mass is 9.94. The van der Waals surface area contributed by atoms with E-state index < -0.39 is 0 Å². The minimum Gasteiger partial charge on any atom is -0.302 e. The molecule has 0 saturated carbocycles. The predicted octanol–water partition coefficient (Wildman–Crippen LogP) is 4.40. The van der Waals surface area contributed by atoms with E-state index >= 15 is 0 Å². The van der Waals surface area contributed by atoms with Crippen LogP contribution in [0, 0.1) is 0 Å². The van der Waals surface area contributed by atoms with Crippen molar-refractivity contribution in [2.24, 2.45) is 0 Å². The number of benzene rings is 2.